The number of anilines is 1. The third kappa shape index (κ3) is 3.02. The summed E-state index contributed by atoms with van der Waals surface area (Å²) in [7, 11) is 0. The number of thiazole rings is 1. The van der Waals surface area contributed by atoms with Gasteiger partial charge in [0.1, 0.15) is 0 Å². The number of hydrogen-bond acceptors (Lipinski definition) is 4. The summed E-state index contributed by atoms with van der Waals surface area (Å²) >= 11 is 1.52. The van der Waals surface area contributed by atoms with Crippen LogP contribution in [0.1, 0.15) is 48.6 Å². The number of amides is 1. The summed E-state index contributed by atoms with van der Waals surface area (Å²) in [5.74, 6) is 0.0148. The van der Waals surface area contributed by atoms with Crippen molar-refractivity contribution in [2.45, 2.75) is 44.4 Å². The lowest BCUT2D eigenvalue weighted by molar-refractivity contribution is -0.134. The number of carbonyl (C=O) groups excluding carboxylic acids is 1. The lowest BCUT2D eigenvalue weighted by atomic mass is 9.89. The monoisotopic (exact) mass is 307 g/mol. The summed E-state index contributed by atoms with van der Waals surface area (Å²) in [6.07, 6.45) is 6.32. The molecule has 1 aromatic heterocycles. The molecule has 1 atom stereocenters. The number of likely N-dealkylation sites (tertiary alicyclic amines) is 1. The third-order valence-electron chi connectivity index (χ3n) is 4.16. The van der Waals surface area contributed by atoms with Crippen LogP contribution in [-0.2, 0) is 11.2 Å². The Balaban J connectivity index is 1.80. The number of nitrogens with two attached hydrogens (primary N) is 1. The number of fused-ring (bicyclic) bond motifs is 1. The third-order valence-corrected chi connectivity index (χ3v) is 5.21. The minimum atomic E-state index is -0.111. The molecule has 7 heteroatoms. The lowest BCUT2D eigenvalue weighted by Gasteiger charge is -2.31. The molecule has 1 amide bonds. The molecule has 1 aliphatic heterocycles. The Labute approximate surface area is 128 Å². The van der Waals surface area contributed by atoms with Crippen molar-refractivity contribution in [2.24, 2.45) is 5.73 Å². The van der Waals surface area contributed by atoms with Gasteiger partial charge >= 0.3 is 0 Å². The van der Waals surface area contributed by atoms with Gasteiger partial charge in [-0.05, 0) is 38.5 Å². The second-order valence-corrected chi connectivity index (χ2v) is 6.78. The van der Waals surface area contributed by atoms with Crippen LogP contribution in [0.2, 0.25) is 0 Å². The van der Waals surface area contributed by atoms with Gasteiger partial charge in [-0.2, -0.15) is 0 Å². The molecule has 2 heterocycles. The van der Waals surface area contributed by atoms with E-state index in [1.54, 1.807) is 0 Å². The molecule has 1 fully saturated rings. The molecule has 3 rings (SSSR count). The normalized spacial score (nSPS) is 21.7. The molecule has 0 spiro atoms. The first kappa shape index (κ1) is 14.3. The van der Waals surface area contributed by atoms with Gasteiger partial charge in [-0.1, -0.05) is 0 Å². The number of nitrogens with one attached hydrogen (secondary N) is 2. The van der Waals surface area contributed by atoms with Gasteiger partial charge in [0, 0.05) is 18.0 Å². The van der Waals surface area contributed by atoms with E-state index >= 15 is 0 Å². The van der Waals surface area contributed by atoms with E-state index in [9.17, 15) is 4.79 Å². The summed E-state index contributed by atoms with van der Waals surface area (Å²) in [5, 5.41) is 10.7. The Morgan fingerprint density at radius 2 is 2.10 bits per heavy atom. The quantitative estimate of drug-likeness (QED) is 0.574. The number of hydrogen-bond donors (Lipinski definition) is 3. The van der Waals surface area contributed by atoms with E-state index < -0.39 is 0 Å². The van der Waals surface area contributed by atoms with Crippen molar-refractivity contribution in [3.8, 4) is 0 Å². The first-order valence-corrected chi connectivity index (χ1v) is 8.36. The van der Waals surface area contributed by atoms with Crippen molar-refractivity contribution >= 4 is 28.3 Å². The van der Waals surface area contributed by atoms with E-state index in [1.165, 1.54) is 22.6 Å². The van der Waals surface area contributed by atoms with Gasteiger partial charge in [-0.15, -0.1) is 11.3 Å². The predicted octanol–water partition coefficient (Wildman–Crippen LogP) is 1.88. The van der Waals surface area contributed by atoms with E-state index in [0.717, 1.165) is 50.9 Å². The Morgan fingerprint density at radius 3 is 2.81 bits per heavy atom. The second kappa shape index (κ2) is 6.01. The highest BCUT2D eigenvalue weighted by molar-refractivity contribution is 7.15. The molecule has 0 radical (unpaired) electrons. The lowest BCUT2D eigenvalue weighted by Crippen LogP contribution is -2.39. The summed E-state index contributed by atoms with van der Waals surface area (Å²) in [5.41, 5.74) is 6.27. The van der Waals surface area contributed by atoms with Gasteiger partial charge in [0.05, 0.1) is 11.6 Å². The van der Waals surface area contributed by atoms with E-state index in [0.29, 0.717) is 5.13 Å². The SMILES string of the molecule is N=C(N)Nc1nc2c(s1)CCCC2C(=O)N1CCCCC1. The standard InChI is InChI=1S/C14H21N5OS/c15-13(16)18-14-17-11-9(5-4-6-10(11)21-14)12(20)19-7-2-1-3-8-19/h9H,1-8H2,(H4,15,16,17,18). The fourth-order valence-electron chi connectivity index (χ4n) is 3.16. The molecule has 1 aliphatic carbocycles. The molecule has 1 unspecified atom stereocenters. The minimum absolute atomic E-state index is 0.106. The Bertz CT molecular complexity index is 550. The van der Waals surface area contributed by atoms with Crippen LogP contribution in [0.25, 0.3) is 0 Å². The molecule has 1 aromatic rings. The minimum Gasteiger partial charge on any atom is -0.370 e. The van der Waals surface area contributed by atoms with E-state index in [-0.39, 0.29) is 17.8 Å². The van der Waals surface area contributed by atoms with Crippen molar-refractivity contribution in [3.63, 3.8) is 0 Å². The van der Waals surface area contributed by atoms with E-state index in [4.69, 9.17) is 11.1 Å². The number of aromatic nitrogens is 1. The second-order valence-electron chi connectivity index (χ2n) is 5.70. The zero-order valence-corrected chi connectivity index (χ0v) is 12.8. The number of aryl methyl sites for hydroxylation is 1. The molecule has 0 bridgehead atoms. The molecule has 114 valence electrons. The number of piperidine rings is 1. The number of carbonyl (C=O) groups is 1. The molecular formula is C14H21N5OS. The highest BCUT2D eigenvalue weighted by Crippen LogP contribution is 2.37. The summed E-state index contributed by atoms with van der Waals surface area (Å²) in [6.45, 7) is 1.76. The van der Waals surface area contributed by atoms with Crippen LogP contribution in [-0.4, -0.2) is 34.8 Å². The average Bonchev–Trinajstić information content (AvgIpc) is 2.88. The maximum Gasteiger partial charge on any atom is 0.231 e. The van der Waals surface area contributed by atoms with E-state index in [2.05, 4.69) is 10.3 Å². The first-order chi connectivity index (χ1) is 10.1. The zero-order chi connectivity index (χ0) is 14.8. The van der Waals surface area contributed by atoms with Crippen molar-refractivity contribution < 1.29 is 4.79 Å². The van der Waals surface area contributed by atoms with Crippen molar-refractivity contribution in [1.29, 1.82) is 5.41 Å². The predicted molar refractivity (Wildman–Crippen MR) is 83.8 cm³/mol. The maximum atomic E-state index is 12.8. The van der Waals surface area contributed by atoms with Crippen molar-refractivity contribution in [1.82, 2.24) is 9.88 Å². The molecule has 21 heavy (non-hydrogen) atoms. The molecule has 0 saturated carbocycles. The van der Waals surface area contributed by atoms with Gasteiger partial charge < -0.3 is 16.0 Å². The fourth-order valence-corrected chi connectivity index (χ4v) is 4.24. The topological polar surface area (TPSA) is 95.1 Å². The van der Waals surface area contributed by atoms with E-state index in [1.807, 2.05) is 4.90 Å². The summed E-state index contributed by atoms with van der Waals surface area (Å²) in [4.78, 5) is 20.4. The van der Waals surface area contributed by atoms with Crippen LogP contribution in [0.3, 0.4) is 0 Å². The Hall–Kier alpha value is -1.63. The zero-order valence-electron chi connectivity index (χ0n) is 12.0. The smallest absolute Gasteiger partial charge is 0.231 e. The van der Waals surface area contributed by atoms with Gasteiger partial charge in [0.2, 0.25) is 5.91 Å². The molecule has 0 aromatic carbocycles. The highest BCUT2D eigenvalue weighted by atomic mass is 32.1. The first-order valence-electron chi connectivity index (χ1n) is 7.54. The molecule has 1 saturated heterocycles. The van der Waals surface area contributed by atoms with Crippen LogP contribution in [0, 0.1) is 5.41 Å². The van der Waals surface area contributed by atoms with Gasteiger partial charge in [0.25, 0.3) is 0 Å². The molecular weight excluding hydrogens is 286 g/mol. The average molecular weight is 307 g/mol. The molecule has 6 nitrogen and oxygen atoms in total. The Morgan fingerprint density at radius 1 is 1.33 bits per heavy atom. The van der Waals surface area contributed by atoms with Crippen LogP contribution < -0.4 is 11.1 Å². The van der Waals surface area contributed by atoms with Crippen molar-refractivity contribution in [2.75, 3.05) is 18.4 Å². The van der Waals surface area contributed by atoms with Gasteiger partial charge in [0.15, 0.2) is 11.1 Å². The maximum absolute atomic E-state index is 12.8. The van der Waals surface area contributed by atoms with Crippen LogP contribution in [0.5, 0.6) is 0 Å². The summed E-state index contributed by atoms with van der Waals surface area (Å²) < 4.78 is 0. The van der Waals surface area contributed by atoms with Crippen LogP contribution in [0.15, 0.2) is 0 Å². The largest absolute Gasteiger partial charge is 0.370 e. The number of guanidine groups is 1. The fraction of sp³-hybridized carbons (Fsp3) is 0.643. The highest BCUT2D eigenvalue weighted by Gasteiger charge is 2.33. The van der Waals surface area contributed by atoms with Crippen LogP contribution in [0.4, 0.5) is 5.13 Å². The van der Waals surface area contributed by atoms with Gasteiger partial charge in [-0.25, -0.2) is 4.98 Å². The summed E-state index contributed by atoms with van der Waals surface area (Å²) in [6, 6.07) is 0. The molecule has 2 aliphatic rings. The Kier molecular flexibility index (Phi) is 4.10. The molecule has 4 N–H and O–H groups in total. The van der Waals surface area contributed by atoms with Crippen molar-refractivity contribution in [3.05, 3.63) is 10.6 Å². The van der Waals surface area contributed by atoms with Crippen LogP contribution >= 0.6 is 11.3 Å². The number of rotatable bonds is 2. The van der Waals surface area contributed by atoms with Gasteiger partial charge in [-0.3, -0.25) is 10.2 Å². The number of nitrogens with zero attached hydrogens (tertiary/aromatic N) is 2.